The predicted molar refractivity (Wildman–Crippen MR) is 113 cm³/mol. The van der Waals surface area contributed by atoms with Crippen molar-refractivity contribution in [1.29, 1.82) is 0 Å². The summed E-state index contributed by atoms with van der Waals surface area (Å²) in [6.45, 7) is 3.84. The summed E-state index contributed by atoms with van der Waals surface area (Å²) in [6.07, 6.45) is 1.84. The van der Waals surface area contributed by atoms with E-state index in [0.717, 1.165) is 22.6 Å². The minimum atomic E-state index is -0.126. The van der Waals surface area contributed by atoms with Crippen LogP contribution in [0.3, 0.4) is 0 Å². The first-order valence-electron chi connectivity index (χ1n) is 9.19. The molecule has 0 saturated carbocycles. The number of nitrogens with zero attached hydrogens (tertiary/aromatic N) is 4. The van der Waals surface area contributed by atoms with Crippen molar-refractivity contribution in [1.82, 2.24) is 20.0 Å². The zero-order valence-electron chi connectivity index (χ0n) is 16.1. The lowest BCUT2D eigenvalue weighted by atomic mass is 10.1. The van der Waals surface area contributed by atoms with Crippen molar-refractivity contribution >= 4 is 23.1 Å². The topological polar surface area (TPSA) is 84.7 Å². The van der Waals surface area contributed by atoms with Crippen LogP contribution in [-0.4, -0.2) is 25.9 Å². The van der Waals surface area contributed by atoms with Gasteiger partial charge in [0.25, 0.3) is 5.91 Å². The molecule has 0 spiro atoms. The smallest absolute Gasteiger partial charge is 0.255 e. The van der Waals surface area contributed by atoms with Crippen LogP contribution in [0, 0.1) is 13.8 Å². The second kappa shape index (κ2) is 7.93. The number of carbonyl (C=O) groups excluding carboxylic acids is 1. The monoisotopic (exact) mass is 384 g/mol. The molecule has 4 aromatic rings. The van der Waals surface area contributed by atoms with E-state index in [1.807, 2.05) is 86.8 Å². The summed E-state index contributed by atoms with van der Waals surface area (Å²) in [5.74, 6) is 1.14. The number of aryl methyl sites for hydroxylation is 2. The lowest BCUT2D eigenvalue weighted by molar-refractivity contribution is 0.102. The predicted octanol–water partition coefficient (Wildman–Crippen LogP) is 4.28. The molecule has 2 N–H and O–H groups in total. The van der Waals surface area contributed by atoms with Gasteiger partial charge in [0.1, 0.15) is 0 Å². The van der Waals surface area contributed by atoms with Gasteiger partial charge in [0.15, 0.2) is 11.6 Å². The molecule has 0 atom stereocenters. The molecule has 0 fully saturated rings. The number of hydrogen-bond acceptors (Lipinski definition) is 5. The normalized spacial score (nSPS) is 10.6. The summed E-state index contributed by atoms with van der Waals surface area (Å²) in [5, 5.41) is 18.8. The fraction of sp³-hybridized carbons (Fsp3) is 0.0909. The van der Waals surface area contributed by atoms with E-state index in [0.29, 0.717) is 17.2 Å². The van der Waals surface area contributed by atoms with Crippen LogP contribution in [-0.2, 0) is 0 Å². The Morgan fingerprint density at radius 3 is 2.28 bits per heavy atom. The van der Waals surface area contributed by atoms with Crippen molar-refractivity contribution in [2.24, 2.45) is 0 Å². The molecule has 0 saturated heterocycles. The minimum Gasteiger partial charge on any atom is -0.339 e. The van der Waals surface area contributed by atoms with Crippen LogP contribution in [0.5, 0.6) is 0 Å². The maximum Gasteiger partial charge on any atom is 0.255 e. The molecule has 7 nitrogen and oxygen atoms in total. The van der Waals surface area contributed by atoms with Crippen LogP contribution in [0.25, 0.3) is 5.82 Å². The van der Waals surface area contributed by atoms with Gasteiger partial charge < -0.3 is 10.6 Å². The van der Waals surface area contributed by atoms with E-state index >= 15 is 0 Å². The lowest BCUT2D eigenvalue weighted by Crippen LogP contribution is -2.13. The summed E-state index contributed by atoms with van der Waals surface area (Å²) in [4.78, 5) is 12.4. The summed E-state index contributed by atoms with van der Waals surface area (Å²) in [5.41, 5.74) is 4.09. The van der Waals surface area contributed by atoms with Gasteiger partial charge in [-0.15, -0.1) is 10.2 Å². The second-order valence-electron chi connectivity index (χ2n) is 6.65. The van der Waals surface area contributed by atoms with Gasteiger partial charge in [0, 0.05) is 23.1 Å². The van der Waals surface area contributed by atoms with E-state index in [4.69, 9.17) is 0 Å². The highest BCUT2D eigenvalue weighted by atomic mass is 16.1. The molecule has 2 heterocycles. The molecule has 144 valence electrons. The Bertz CT molecular complexity index is 1130. The number of rotatable bonds is 5. The Morgan fingerprint density at radius 1 is 0.862 bits per heavy atom. The molecule has 0 aliphatic heterocycles. The van der Waals surface area contributed by atoms with Crippen LogP contribution >= 0.6 is 0 Å². The fourth-order valence-corrected chi connectivity index (χ4v) is 2.87. The Hall–Kier alpha value is -4.00. The van der Waals surface area contributed by atoms with Gasteiger partial charge in [-0.1, -0.05) is 18.2 Å². The van der Waals surface area contributed by atoms with E-state index in [-0.39, 0.29) is 5.91 Å². The number of carbonyl (C=O) groups is 1. The molecule has 0 aliphatic carbocycles. The van der Waals surface area contributed by atoms with Crippen molar-refractivity contribution < 1.29 is 4.79 Å². The van der Waals surface area contributed by atoms with Gasteiger partial charge in [-0.3, -0.25) is 4.79 Å². The van der Waals surface area contributed by atoms with Crippen molar-refractivity contribution in [3.8, 4) is 5.82 Å². The zero-order valence-corrected chi connectivity index (χ0v) is 16.1. The summed E-state index contributed by atoms with van der Waals surface area (Å²) < 4.78 is 1.68. The molecule has 0 bridgehead atoms. The van der Waals surface area contributed by atoms with Crippen molar-refractivity contribution in [3.63, 3.8) is 0 Å². The Balaban J connectivity index is 1.40. The lowest BCUT2D eigenvalue weighted by Gasteiger charge is -2.09. The average molecular weight is 384 g/mol. The van der Waals surface area contributed by atoms with Gasteiger partial charge in [-0.05, 0) is 67.9 Å². The number of aromatic nitrogens is 4. The molecule has 1 amide bonds. The first kappa shape index (κ1) is 18.4. The van der Waals surface area contributed by atoms with Gasteiger partial charge in [0.2, 0.25) is 0 Å². The zero-order chi connectivity index (χ0) is 20.2. The maximum atomic E-state index is 12.4. The van der Waals surface area contributed by atoms with Gasteiger partial charge >= 0.3 is 0 Å². The highest BCUT2D eigenvalue weighted by Crippen LogP contribution is 2.19. The van der Waals surface area contributed by atoms with E-state index in [1.54, 1.807) is 4.68 Å². The summed E-state index contributed by atoms with van der Waals surface area (Å²) >= 11 is 0. The van der Waals surface area contributed by atoms with E-state index in [9.17, 15) is 4.79 Å². The molecule has 0 aliphatic rings. The van der Waals surface area contributed by atoms with Crippen LogP contribution in [0.2, 0.25) is 0 Å². The van der Waals surface area contributed by atoms with Crippen LogP contribution < -0.4 is 10.6 Å². The quantitative estimate of drug-likeness (QED) is 0.537. The third-order valence-corrected chi connectivity index (χ3v) is 4.41. The third kappa shape index (κ3) is 4.30. The van der Waals surface area contributed by atoms with Crippen molar-refractivity contribution in [2.75, 3.05) is 10.6 Å². The number of nitrogens with one attached hydrogen (secondary N) is 2. The Morgan fingerprint density at radius 2 is 1.62 bits per heavy atom. The highest BCUT2D eigenvalue weighted by molar-refractivity contribution is 6.05. The molecule has 29 heavy (non-hydrogen) atoms. The molecule has 7 heteroatoms. The van der Waals surface area contributed by atoms with E-state index in [1.165, 1.54) is 0 Å². The SMILES string of the molecule is Cc1ccn(-c2ccc(Nc3ccc(NC(=O)c4ccccc4C)cc3)nn2)n1. The first-order chi connectivity index (χ1) is 14.1. The van der Waals surface area contributed by atoms with Crippen molar-refractivity contribution in [3.05, 3.63) is 89.7 Å². The highest BCUT2D eigenvalue weighted by Gasteiger charge is 2.08. The first-order valence-corrected chi connectivity index (χ1v) is 9.19. The molecule has 4 rings (SSSR count). The molecular weight excluding hydrogens is 364 g/mol. The van der Waals surface area contributed by atoms with E-state index < -0.39 is 0 Å². The standard InChI is InChI=1S/C22H20N6O/c1-15-5-3-4-6-19(15)22(29)24-18-9-7-17(8-10-18)23-20-11-12-21(26-25-20)28-14-13-16(2)27-28/h3-14H,1-2H3,(H,23,25)(H,24,29). The van der Waals surface area contributed by atoms with Crippen LogP contribution in [0.15, 0.2) is 72.9 Å². The second-order valence-corrected chi connectivity index (χ2v) is 6.65. The summed E-state index contributed by atoms with van der Waals surface area (Å²) in [7, 11) is 0. The van der Waals surface area contributed by atoms with Gasteiger partial charge in [0.05, 0.1) is 5.69 Å². The van der Waals surface area contributed by atoms with E-state index in [2.05, 4.69) is 25.9 Å². The molecule has 2 aromatic heterocycles. The largest absolute Gasteiger partial charge is 0.339 e. The number of benzene rings is 2. The van der Waals surface area contributed by atoms with Gasteiger partial charge in [-0.25, -0.2) is 4.68 Å². The summed E-state index contributed by atoms with van der Waals surface area (Å²) in [6, 6.07) is 20.5. The minimum absolute atomic E-state index is 0.126. The number of amides is 1. The van der Waals surface area contributed by atoms with Crippen LogP contribution in [0.4, 0.5) is 17.2 Å². The number of anilines is 3. The molecule has 0 radical (unpaired) electrons. The average Bonchev–Trinajstić information content (AvgIpc) is 3.16. The Labute approximate surface area is 168 Å². The Kier molecular flexibility index (Phi) is 5.03. The molecule has 2 aromatic carbocycles. The van der Waals surface area contributed by atoms with Crippen molar-refractivity contribution in [2.45, 2.75) is 13.8 Å². The molecular formula is C22H20N6O. The third-order valence-electron chi connectivity index (χ3n) is 4.41. The van der Waals surface area contributed by atoms with Gasteiger partial charge in [-0.2, -0.15) is 5.10 Å². The maximum absolute atomic E-state index is 12.4. The number of hydrogen-bond donors (Lipinski definition) is 2. The van der Waals surface area contributed by atoms with Crippen LogP contribution in [0.1, 0.15) is 21.6 Å². The fourth-order valence-electron chi connectivity index (χ4n) is 2.87. The molecule has 0 unspecified atom stereocenters.